The van der Waals surface area contributed by atoms with Gasteiger partial charge in [0.25, 0.3) is 5.91 Å². The number of aryl methyl sites for hydroxylation is 1. The van der Waals surface area contributed by atoms with Crippen molar-refractivity contribution in [2.24, 2.45) is 7.05 Å². The number of carbonyl (C=O) groups excluding carboxylic acids is 1. The summed E-state index contributed by atoms with van der Waals surface area (Å²) in [5.41, 5.74) is -0.215. The van der Waals surface area contributed by atoms with E-state index in [4.69, 9.17) is 0 Å². The van der Waals surface area contributed by atoms with Crippen LogP contribution >= 0.6 is 0 Å². The lowest BCUT2D eigenvalue weighted by Gasteiger charge is -2.05. The summed E-state index contributed by atoms with van der Waals surface area (Å²) in [6.07, 6.45) is 1.50. The molecule has 0 radical (unpaired) electrons. The Morgan fingerprint density at radius 2 is 2.12 bits per heavy atom. The molecular weight excluding hydrogens is 228 g/mol. The van der Waals surface area contributed by atoms with E-state index < -0.39 is 17.5 Å². The standard InChI is InChI=1S/C11H9F2N3O/c1-16-10(4-5-14-16)15-11(17)8-3-2-7(12)6-9(8)13/h2-6H,1H3,(H,15,17). The summed E-state index contributed by atoms with van der Waals surface area (Å²) >= 11 is 0. The summed E-state index contributed by atoms with van der Waals surface area (Å²) in [7, 11) is 1.64. The Morgan fingerprint density at radius 1 is 1.35 bits per heavy atom. The molecule has 0 spiro atoms. The molecule has 0 saturated heterocycles. The van der Waals surface area contributed by atoms with Gasteiger partial charge in [0.15, 0.2) is 0 Å². The molecule has 17 heavy (non-hydrogen) atoms. The molecular formula is C11H9F2N3O. The van der Waals surface area contributed by atoms with Gasteiger partial charge in [-0.1, -0.05) is 0 Å². The van der Waals surface area contributed by atoms with Crippen molar-refractivity contribution in [3.8, 4) is 0 Å². The molecule has 1 heterocycles. The van der Waals surface area contributed by atoms with Gasteiger partial charge in [0.1, 0.15) is 17.5 Å². The molecule has 88 valence electrons. The van der Waals surface area contributed by atoms with Crippen LogP contribution in [0.4, 0.5) is 14.6 Å². The van der Waals surface area contributed by atoms with Crippen LogP contribution in [-0.4, -0.2) is 15.7 Å². The maximum Gasteiger partial charge on any atom is 0.259 e. The fourth-order valence-corrected chi connectivity index (χ4v) is 1.35. The number of carbonyl (C=O) groups is 1. The lowest BCUT2D eigenvalue weighted by atomic mass is 10.2. The highest BCUT2D eigenvalue weighted by Crippen LogP contribution is 2.12. The molecule has 1 aromatic heterocycles. The zero-order valence-electron chi connectivity index (χ0n) is 8.95. The molecule has 0 aliphatic rings. The Hall–Kier alpha value is -2.24. The van der Waals surface area contributed by atoms with Gasteiger partial charge in [0, 0.05) is 19.2 Å². The maximum atomic E-state index is 13.3. The summed E-state index contributed by atoms with van der Waals surface area (Å²) in [6, 6.07) is 4.36. The van der Waals surface area contributed by atoms with Crippen LogP contribution in [0.1, 0.15) is 10.4 Å². The molecule has 2 rings (SSSR count). The van der Waals surface area contributed by atoms with Gasteiger partial charge in [-0.05, 0) is 12.1 Å². The van der Waals surface area contributed by atoms with Crippen LogP contribution in [0.25, 0.3) is 0 Å². The molecule has 1 N–H and O–H groups in total. The summed E-state index contributed by atoms with van der Waals surface area (Å²) < 4.78 is 27.4. The minimum atomic E-state index is -0.898. The van der Waals surface area contributed by atoms with E-state index in [1.807, 2.05) is 0 Å². The van der Waals surface area contributed by atoms with Crippen molar-refractivity contribution in [2.75, 3.05) is 5.32 Å². The third-order valence-electron chi connectivity index (χ3n) is 2.24. The van der Waals surface area contributed by atoms with E-state index in [2.05, 4.69) is 10.4 Å². The van der Waals surface area contributed by atoms with E-state index in [0.717, 1.165) is 12.1 Å². The van der Waals surface area contributed by atoms with Crippen molar-refractivity contribution in [2.45, 2.75) is 0 Å². The first-order valence-electron chi connectivity index (χ1n) is 4.82. The Bertz CT molecular complexity index is 566. The van der Waals surface area contributed by atoms with E-state index in [1.165, 1.54) is 10.9 Å². The number of benzene rings is 1. The molecule has 0 aliphatic heterocycles. The SMILES string of the molecule is Cn1nccc1NC(=O)c1ccc(F)cc1F. The van der Waals surface area contributed by atoms with Crippen LogP contribution in [0.5, 0.6) is 0 Å². The number of halogens is 2. The normalized spacial score (nSPS) is 10.3. The third kappa shape index (κ3) is 2.30. The highest BCUT2D eigenvalue weighted by atomic mass is 19.1. The second-order valence-corrected chi connectivity index (χ2v) is 3.42. The summed E-state index contributed by atoms with van der Waals surface area (Å²) in [6.45, 7) is 0. The highest BCUT2D eigenvalue weighted by molar-refractivity contribution is 6.03. The topological polar surface area (TPSA) is 46.9 Å². The van der Waals surface area contributed by atoms with E-state index in [-0.39, 0.29) is 5.56 Å². The number of nitrogens with one attached hydrogen (secondary N) is 1. The minimum absolute atomic E-state index is 0.215. The van der Waals surface area contributed by atoms with Crippen LogP contribution in [0.15, 0.2) is 30.5 Å². The summed E-state index contributed by atoms with van der Waals surface area (Å²) in [4.78, 5) is 11.7. The van der Waals surface area contributed by atoms with Crippen molar-refractivity contribution in [3.63, 3.8) is 0 Å². The van der Waals surface area contributed by atoms with Crippen molar-refractivity contribution in [3.05, 3.63) is 47.7 Å². The molecule has 0 atom stereocenters. The molecule has 0 fully saturated rings. The van der Waals surface area contributed by atoms with Gasteiger partial charge in [0.2, 0.25) is 0 Å². The zero-order valence-corrected chi connectivity index (χ0v) is 8.95. The van der Waals surface area contributed by atoms with Crippen LogP contribution in [0.2, 0.25) is 0 Å². The van der Waals surface area contributed by atoms with E-state index in [0.29, 0.717) is 11.9 Å². The van der Waals surface area contributed by atoms with Crippen molar-refractivity contribution < 1.29 is 13.6 Å². The monoisotopic (exact) mass is 237 g/mol. The summed E-state index contributed by atoms with van der Waals surface area (Å²) in [5.74, 6) is -1.84. The van der Waals surface area contributed by atoms with Crippen LogP contribution < -0.4 is 5.32 Å². The van der Waals surface area contributed by atoms with Crippen molar-refractivity contribution >= 4 is 11.7 Å². The van der Waals surface area contributed by atoms with Crippen molar-refractivity contribution in [1.29, 1.82) is 0 Å². The van der Waals surface area contributed by atoms with Crippen molar-refractivity contribution in [1.82, 2.24) is 9.78 Å². The molecule has 0 saturated carbocycles. The number of hydrogen-bond acceptors (Lipinski definition) is 2. The first-order chi connectivity index (χ1) is 8.08. The molecule has 4 nitrogen and oxygen atoms in total. The number of aromatic nitrogens is 2. The third-order valence-corrected chi connectivity index (χ3v) is 2.24. The number of rotatable bonds is 2. The summed E-state index contributed by atoms with van der Waals surface area (Å²) in [5, 5.41) is 6.31. The van der Waals surface area contributed by atoms with Gasteiger partial charge in [-0.15, -0.1) is 0 Å². The van der Waals surface area contributed by atoms with Gasteiger partial charge in [0.05, 0.1) is 11.8 Å². The van der Waals surface area contributed by atoms with Gasteiger partial charge in [-0.2, -0.15) is 5.10 Å². The number of nitrogens with zero attached hydrogens (tertiary/aromatic N) is 2. The van der Waals surface area contributed by atoms with E-state index in [9.17, 15) is 13.6 Å². The predicted octanol–water partition coefficient (Wildman–Crippen LogP) is 1.95. The Balaban J connectivity index is 2.23. The maximum absolute atomic E-state index is 13.3. The first-order valence-corrected chi connectivity index (χ1v) is 4.82. The smallest absolute Gasteiger partial charge is 0.259 e. The average Bonchev–Trinajstić information content (AvgIpc) is 2.64. The predicted molar refractivity (Wildman–Crippen MR) is 57.5 cm³/mol. The highest BCUT2D eigenvalue weighted by Gasteiger charge is 2.13. The largest absolute Gasteiger partial charge is 0.307 e. The molecule has 0 unspecified atom stereocenters. The second-order valence-electron chi connectivity index (χ2n) is 3.42. The Labute approximate surface area is 95.9 Å². The fraction of sp³-hybridized carbons (Fsp3) is 0.0909. The van der Waals surface area contributed by atoms with Crippen LogP contribution in [-0.2, 0) is 7.05 Å². The minimum Gasteiger partial charge on any atom is -0.307 e. The Morgan fingerprint density at radius 3 is 2.71 bits per heavy atom. The van der Waals surface area contributed by atoms with E-state index in [1.54, 1.807) is 13.1 Å². The van der Waals surface area contributed by atoms with Gasteiger partial charge >= 0.3 is 0 Å². The molecule has 2 aromatic rings. The number of anilines is 1. The van der Waals surface area contributed by atoms with E-state index >= 15 is 0 Å². The Kier molecular flexibility index (Phi) is 2.86. The van der Waals surface area contributed by atoms with Gasteiger partial charge in [-0.25, -0.2) is 8.78 Å². The molecule has 1 amide bonds. The zero-order chi connectivity index (χ0) is 12.4. The first kappa shape index (κ1) is 11.3. The quantitative estimate of drug-likeness (QED) is 0.867. The number of hydrogen-bond donors (Lipinski definition) is 1. The molecule has 1 aromatic carbocycles. The fourth-order valence-electron chi connectivity index (χ4n) is 1.35. The van der Waals surface area contributed by atoms with Gasteiger partial charge in [-0.3, -0.25) is 9.48 Å². The second kappa shape index (κ2) is 4.32. The average molecular weight is 237 g/mol. The molecule has 6 heteroatoms. The van der Waals surface area contributed by atoms with Gasteiger partial charge < -0.3 is 5.32 Å². The lowest BCUT2D eigenvalue weighted by Crippen LogP contribution is -2.16. The van der Waals surface area contributed by atoms with Crippen LogP contribution in [0.3, 0.4) is 0 Å². The number of amides is 1. The molecule has 0 bridgehead atoms. The lowest BCUT2D eigenvalue weighted by molar-refractivity contribution is 0.102. The van der Waals surface area contributed by atoms with Crippen LogP contribution in [0, 0.1) is 11.6 Å². The molecule has 0 aliphatic carbocycles.